The molecule has 0 atom stereocenters. The monoisotopic (exact) mass is 284 g/mol. The van der Waals surface area contributed by atoms with Gasteiger partial charge in [0.05, 0.1) is 13.1 Å². The minimum atomic E-state index is -0.0179. The molecule has 3 aliphatic rings. The zero-order valence-corrected chi connectivity index (χ0v) is 12.1. The van der Waals surface area contributed by atoms with E-state index in [1.807, 2.05) is 29.2 Å². The van der Waals surface area contributed by atoms with Crippen molar-refractivity contribution in [2.75, 3.05) is 31.1 Å². The topological polar surface area (TPSA) is 32.8 Å². The summed E-state index contributed by atoms with van der Waals surface area (Å²) in [6.45, 7) is 3.38. The Kier molecular flexibility index (Phi) is 3.00. The largest absolute Gasteiger partial charge is 0.371 e. The predicted molar refractivity (Wildman–Crippen MR) is 81.4 cm³/mol. The second-order valence-corrected chi connectivity index (χ2v) is 6.21. The molecule has 1 aromatic carbocycles. The summed E-state index contributed by atoms with van der Waals surface area (Å²) in [5.41, 5.74) is 1.91. The van der Waals surface area contributed by atoms with Crippen LogP contribution in [0.2, 0.25) is 0 Å². The first kappa shape index (κ1) is 12.9. The molecule has 3 heterocycles. The van der Waals surface area contributed by atoms with Crippen molar-refractivity contribution in [3.05, 3.63) is 42.1 Å². The van der Waals surface area contributed by atoms with Crippen molar-refractivity contribution in [2.45, 2.75) is 24.9 Å². The van der Waals surface area contributed by atoms with Gasteiger partial charge in [-0.05, 0) is 43.5 Å². The van der Waals surface area contributed by atoms with E-state index < -0.39 is 0 Å². The Bertz CT molecular complexity index is 565. The maximum absolute atomic E-state index is 12.4. The van der Waals surface area contributed by atoms with Crippen molar-refractivity contribution in [2.24, 2.45) is 0 Å². The van der Waals surface area contributed by atoms with Gasteiger partial charge in [0.1, 0.15) is 5.60 Å². The molecule has 21 heavy (non-hydrogen) atoms. The van der Waals surface area contributed by atoms with Crippen molar-refractivity contribution < 1.29 is 9.53 Å². The minimum Gasteiger partial charge on any atom is -0.371 e. The standard InChI is InChI=1S/C17H20N2O2/c20-16(19-12-17(13-19)8-3-11-21-17)14-4-6-15(7-5-14)18-9-1-2-10-18/h1,4-7,9H,2-3,8,10-13H2. The summed E-state index contributed by atoms with van der Waals surface area (Å²) in [6.07, 6.45) is 7.58. The van der Waals surface area contributed by atoms with E-state index in [4.69, 9.17) is 4.74 Å². The molecule has 4 nitrogen and oxygen atoms in total. The van der Waals surface area contributed by atoms with Gasteiger partial charge in [-0.1, -0.05) is 6.08 Å². The zero-order chi connectivity index (χ0) is 14.3. The summed E-state index contributed by atoms with van der Waals surface area (Å²) in [6, 6.07) is 7.93. The Morgan fingerprint density at radius 1 is 1.19 bits per heavy atom. The van der Waals surface area contributed by atoms with Gasteiger partial charge in [0.2, 0.25) is 0 Å². The summed E-state index contributed by atoms with van der Waals surface area (Å²) < 4.78 is 5.77. The number of benzene rings is 1. The number of ether oxygens (including phenoxy) is 1. The van der Waals surface area contributed by atoms with Crippen LogP contribution in [0.15, 0.2) is 36.5 Å². The highest BCUT2D eigenvalue weighted by Gasteiger charge is 2.48. The van der Waals surface area contributed by atoms with Crippen molar-refractivity contribution in [3.63, 3.8) is 0 Å². The maximum Gasteiger partial charge on any atom is 0.254 e. The van der Waals surface area contributed by atoms with Crippen LogP contribution in [0.4, 0.5) is 5.69 Å². The lowest BCUT2D eigenvalue weighted by Crippen LogP contribution is -2.63. The SMILES string of the molecule is O=C(c1ccc(N2C=CCC2)cc1)N1CC2(CCCO2)C1. The van der Waals surface area contributed by atoms with Crippen LogP contribution in [0.25, 0.3) is 0 Å². The summed E-state index contributed by atoms with van der Waals surface area (Å²) in [5.74, 6) is 0.125. The summed E-state index contributed by atoms with van der Waals surface area (Å²) in [4.78, 5) is 16.5. The van der Waals surface area contributed by atoms with E-state index in [2.05, 4.69) is 17.2 Å². The smallest absolute Gasteiger partial charge is 0.254 e. The van der Waals surface area contributed by atoms with Gasteiger partial charge >= 0.3 is 0 Å². The van der Waals surface area contributed by atoms with E-state index in [9.17, 15) is 4.79 Å². The molecule has 0 radical (unpaired) electrons. The normalized spacial score (nSPS) is 22.9. The number of hydrogen-bond donors (Lipinski definition) is 0. The summed E-state index contributed by atoms with van der Waals surface area (Å²) >= 11 is 0. The lowest BCUT2D eigenvalue weighted by Gasteiger charge is -2.47. The van der Waals surface area contributed by atoms with Crippen LogP contribution in [0.1, 0.15) is 29.6 Å². The fourth-order valence-electron chi connectivity index (χ4n) is 3.48. The molecule has 2 fully saturated rings. The highest BCUT2D eigenvalue weighted by molar-refractivity contribution is 5.95. The third kappa shape index (κ3) is 2.23. The molecule has 1 amide bonds. The minimum absolute atomic E-state index is 0.0179. The van der Waals surface area contributed by atoms with Crippen LogP contribution < -0.4 is 4.90 Å². The number of carbonyl (C=O) groups is 1. The van der Waals surface area contributed by atoms with Gasteiger partial charge in [-0.3, -0.25) is 4.79 Å². The molecule has 1 aromatic rings. The van der Waals surface area contributed by atoms with Gasteiger partial charge in [0, 0.05) is 30.6 Å². The van der Waals surface area contributed by atoms with Gasteiger partial charge in [-0.25, -0.2) is 0 Å². The van der Waals surface area contributed by atoms with Crippen LogP contribution in [-0.4, -0.2) is 42.6 Å². The van der Waals surface area contributed by atoms with Gasteiger partial charge in [-0.2, -0.15) is 0 Å². The van der Waals surface area contributed by atoms with E-state index in [-0.39, 0.29) is 11.5 Å². The molecular weight excluding hydrogens is 264 g/mol. The second-order valence-electron chi connectivity index (χ2n) is 6.21. The molecule has 110 valence electrons. The molecule has 0 aromatic heterocycles. The molecule has 4 heteroatoms. The number of amides is 1. The number of likely N-dealkylation sites (tertiary alicyclic amines) is 1. The maximum atomic E-state index is 12.4. The Hall–Kier alpha value is -1.81. The van der Waals surface area contributed by atoms with E-state index >= 15 is 0 Å². The van der Waals surface area contributed by atoms with Crippen molar-refractivity contribution >= 4 is 11.6 Å². The fourth-order valence-corrected chi connectivity index (χ4v) is 3.48. The van der Waals surface area contributed by atoms with Crippen molar-refractivity contribution in [1.82, 2.24) is 4.90 Å². The quantitative estimate of drug-likeness (QED) is 0.836. The number of anilines is 1. The highest BCUT2D eigenvalue weighted by Crippen LogP contribution is 2.35. The van der Waals surface area contributed by atoms with Crippen molar-refractivity contribution in [1.29, 1.82) is 0 Å². The fraction of sp³-hybridized carbons (Fsp3) is 0.471. The third-order valence-corrected chi connectivity index (χ3v) is 4.70. The molecule has 4 rings (SSSR count). The van der Waals surface area contributed by atoms with Gasteiger partial charge in [0.15, 0.2) is 0 Å². The van der Waals surface area contributed by atoms with Crippen LogP contribution >= 0.6 is 0 Å². The van der Waals surface area contributed by atoms with Crippen LogP contribution in [0.3, 0.4) is 0 Å². The molecule has 0 aliphatic carbocycles. The Morgan fingerprint density at radius 3 is 2.62 bits per heavy atom. The van der Waals surface area contributed by atoms with Crippen LogP contribution in [0, 0.1) is 0 Å². The molecule has 0 saturated carbocycles. The first-order valence-corrected chi connectivity index (χ1v) is 7.72. The highest BCUT2D eigenvalue weighted by atomic mass is 16.5. The van der Waals surface area contributed by atoms with E-state index in [1.54, 1.807) is 0 Å². The molecule has 0 bridgehead atoms. The van der Waals surface area contributed by atoms with Crippen LogP contribution in [-0.2, 0) is 4.74 Å². The predicted octanol–water partition coefficient (Wildman–Crippen LogP) is 2.42. The summed E-state index contributed by atoms with van der Waals surface area (Å²) in [7, 11) is 0. The van der Waals surface area contributed by atoms with Gasteiger partial charge in [-0.15, -0.1) is 0 Å². The van der Waals surface area contributed by atoms with Crippen molar-refractivity contribution in [3.8, 4) is 0 Å². The third-order valence-electron chi connectivity index (χ3n) is 4.70. The molecule has 0 N–H and O–H groups in total. The van der Waals surface area contributed by atoms with Crippen LogP contribution in [0.5, 0.6) is 0 Å². The Morgan fingerprint density at radius 2 is 2.00 bits per heavy atom. The first-order valence-electron chi connectivity index (χ1n) is 7.72. The average molecular weight is 284 g/mol. The van der Waals surface area contributed by atoms with E-state index in [0.29, 0.717) is 0 Å². The number of carbonyl (C=O) groups excluding carboxylic acids is 1. The van der Waals surface area contributed by atoms with Gasteiger partial charge < -0.3 is 14.5 Å². The molecule has 3 aliphatic heterocycles. The Balaban J connectivity index is 1.42. The number of rotatable bonds is 2. The zero-order valence-electron chi connectivity index (χ0n) is 12.1. The Labute approximate surface area is 125 Å². The van der Waals surface area contributed by atoms with Gasteiger partial charge in [0.25, 0.3) is 5.91 Å². The molecule has 1 spiro atoms. The number of nitrogens with zero attached hydrogens (tertiary/aromatic N) is 2. The molecule has 2 saturated heterocycles. The average Bonchev–Trinajstić information content (AvgIpc) is 3.16. The first-order chi connectivity index (χ1) is 10.3. The molecular formula is C17H20N2O2. The van der Waals surface area contributed by atoms with E-state index in [0.717, 1.165) is 56.8 Å². The summed E-state index contributed by atoms with van der Waals surface area (Å²) in [5, 5.41) is 0. The molecule has 0 unspecified atom stereocenters. The second kappa shape index (κ2) is 4.88. The van der Waals surface area contributed by atoms with E-state index in [1.165, 1.54) is 0 Å². The number of hydrogen-bond acceptors (Lipinski definition) is 3. The lowest BCUT2D eigenvalue weighted by molar-refractivity contribution is -0.0949. The lowest BCUT2D eigenvalue weighted by atomic mass is 9.90.